The van der Waals surface area contributed by atoms with E-state index in [0.717, 1.165) is 6.04 Å². The molecule has 1 aliphatic carbocycles. The molecule has 0 amide bonds. The maximum absolute atomic E-state index is 9.75. The van der Waals surface area contributed by atoms with Gasteiger partial charge >= 0.3 is 7.25 Å². The van der Waals surface area contributed by atoms with Crippen LogP contribution in [-0.2, 0) is 0 Å². The minimum absolute atomic E-state index is 0.619. The van der Waals surface area contributed by atoms with Gasteiger partial charge in [-0.15, -0.1) is 0 Å². The Morgan fingerprint density at radius 2 is 1.36 bits per heavy atom. The molecule has 1 saturated carbocycles. The quantitative estimate of drug-likeness (QED) is 0.475. The molecule has 0 aromatic rings. The molecule has 0 bridgehead atoms. The molecule has 0 radical (unpaired) electrons. The lowest BCUT2D eigenvalue weighted by Crippen LogP contribution is -2.62. The third kappa shape index (κ3) is 9.83. The number of hydrogen-bond acceptors (Lipinski definition) is 0. The van der Waals surface area contributed by atoms with Gasteiger partial charge < -0.3 is 23.0 Å². The van der Waals surface area contributed by atoms with E-state index < -0.39 is 7.25 Å². The van der Waals surface area contributed by atoms with Gasteiger partial charge in [0.25, 0.3) is 0 Å². The van der Waals surface area contributed by atoms with Crippen LogP contribution < -0.4 is 5.73 Å². The van der Waals surface area contributed by atoms with Gasteiger partial charge in [0.05, 0.1) is 6.04 Å². The Morgan fingerprint density at radius 1 is 1.07 bits per heavy atom. The molecule has 0 spiro atoms. The zero-order valence-corrected chi connectivity index (χ0v) is 8.70. The summed E-state index contributed by atoms with van der Waals surface area (Å²) < 4.78 is 39.0. The van der Waals surface area contributed by atoms with Crippen molar-refractivity contribution in [1.82, 2.24) is 0 Å². The summed E-state index contributed by atoms with van der Waals surface area (Å²) in [4.78, 5) is 0. The standard InChI is InChI=1S/C8H17N.BF4/c1-8(2)5-3-7(9)4-6-8;2-1(3,4)5/h7H,3-6,9H2,1-2H3;/q;-1/p+1. The molecule has 86 valence electrons. The summed E-state index contributed by atoms with van der Waals surface area (Å²) >= 11 is 0. The molecule has 1 rings (SSSR count). The van der Waals surface area contributed by atoms with Gasteiger partial charge in [0.2, 0.25) is 0 Å². The normalized spacial score (nSPS) is 22.5. The van der Waals surface area contributed by atoms with Gasteiger partial charge in [-0.05, 0) is 31.1 Å². The molecule has 0 aliphatic heterocycles. The number of hydrogen-bond donors (Lipinski definition) is 1. The van der Waals surface area contributed by atoms with E-state index in [1.165, 1.54) is 25.7 Å². The molecule has 0 aromatic carbocycles. The summed E-state index contributed by atoms with van der Waals surface area (Å²) in [7, 11) is -6.00. The van der Waals surface area contributed by atoms with E-state index in [0.29, 0.717) is 5.41 Å². The van der Waals surface area contributed by atoms with E-state index in [-0.39, 0.29) is 0 Å². The van der Waals surface area contributed by atoms with Crippen LogP contribution in [0.3, 0.4) is 0 Å². The maximum atomic E-state index is 9.75. The van der Waals surface area contributed by atoms with Crippen molar-refractivity contribution in [3.8, 4) is 0 Å². The third-order valence-electron chi connectivity index (χ3n) is 2.46. The predicted molar refractivity (Wildman–Crippen MR) is 49.1 cm³/mol. The first-order chi connectivity index (χ1) is 6.10. The van der Waals surface area contributed by atoms with Crippen LogP contribution in [0.5, 0.6) is 0 Å². The summed E-state index contributed by atoms with van der Waals surface area (Å²) in [6, 6.07) is 0.748. The molecular weight excluding hydrogens is 197 g/mol. The van der Waals surface area contributed by atoms with Crippen molar-refractivity contribution in [2.75, 3.05) is 0 Å². The Morgan fingerprint density at radius 3 is 1.57 bits per heavy atom. The fraction of sp³-hybridized carbons (Fsp3) is 1.00. The van der Waals surface area contributed by atoms with Crippen LogP contribution in [0.1, 0.15) is 39.5 Å². The summed E-state index contributed by atoms with van der Waals surface area (Å²) in [5.74, 6) is 0. The second kappa shape index (κ2) is 5.00. The average Bonchev–Trinajstić information content (AvgIpc) is 1.92. The zero-order chi connectivity index (χ0) is 11.4. The van der Waals surface area contributed by atoms with Crippen molar-refractivity contribution >= 4 is 7.25 Å². The fourth-order valence-corrected chi connectivity index (χ4v) is 1.46. The maximum Gasteiger partial charge on any atom is 0.673 e. The van der Waals surface area contributed by atoms with Crippen LogP contribution in [-0.4, -0.2) is 13.3 Å². The zero-order valence-electron chi connectivity index (χ0n) is 8.70. The van der Waals surface area contributed by atoms with Gasteiger partial charge in [-0.2, -0.15) is 0 Å². The van der Waals surface area contributed by atoms with Gasteiger partial charge in [0.1, 0.15) is 0 Å². The molecule has 1 aliphatic rings. The first-order valence-electron chi connectivity index (χ1n) is 4.80. The Bertz CT molecular complexity index is 153. The molecular formula is C8H18BF4N. The SMILES string of the molecule is CC1(C)CCC([NH3+])CC1.F[B-](F)(F)F. The minimum Gasteiger partial charge on any atom is -0.418 e. The van der Waals surface area contributed by atoms with E-state index in [2.05, 4.69) is 19.6 Å². The van der Waals surface area contributed by atoms with Crippen LogP contribution in [0.25, 0.3) is 0 Å². The fourth-order valence-electron chi connectivity index (χ4n) is 1.46. The van der Waals surface area contributed by atoms with Crippen molar-refractivity contribution in [3.63, 3.8) is 0 Å². The molecule has 0 unspecified atom stereocenters. The first-order valence-corrected chi connectivity index (χ1v) is 4.80. The van der Waals surface area contributed by atoms with Crippen molar-refractivity contribution in [1.29, 1.82) is 0 Å². The van der Waals surface area contributed by atoms with E-state index >= 15 is 0 Å². The lowest BCUT2D eigenvalue weighted by Gasteiger charge is -2.30. The molecule has 1 nitrogen and oxygen atoms in total. The molecule has 0 aromatic heterocycles. The van der Waals surface area contributed by atoms with E-state index in [9.17, 15) is 17.3 Å². The Balaban J connectivity index is 0.000000292. The van der Waals surface area contributed by atoms with Gasteiger partial charge in [-0.3, -0.25) is 0 Å². The summed E-state index contributed by atoms with van der Waals surface area (Å²) in [6.07, 6.45) is 5.43. The summed E-state index contributed by atoms with van der Waals surface area (Å²) in [5, 5.41) is 0. The Labute approximate surface area is 82.2 Å². The Hall–Kier alpha value is -0.255. The number of rotatable bonds is 0. The summed E-state index contributed by atoms with van der Waals surface area (Å²) in [5.41, 5.74) is 4.68. The van der Waals surface area contributed by atoms with Crippen LogP contribution >= 0.6 is 0 Å². The topological polar surface area (TPSA) is 27.6 Å². The average molecular weight is 215 g/mol. The molecule has 14 heavy (non-hydrogen) atoms. The van der Waals surface area contributed by atoms with Crippen LogP contribution in [0.15, 0.2) is 0 Å². The van der Waals surface area contributed by atoms with Crippen molar-refractivity contribution in [2.24, 2.45) is 5.41 Å². The largest absolute Gasteiger partial charge is 0.673 e. The third-order valence-corrected chi connectivity index (χ3v) is 2.46. The predicted octanol–water partition coefficient (Wildman–Crippen LogP) is 2.50. The molecule has 0 heterocycles. The monoisotopic (exact) mass is 215 g/mol. The molecule has 3 N–H and O–H groups in total. The minimum atomic E-state index is -6.00. The highest BCUT2D eigenvalue weighted by molar-refractivity contribution is 6.50. The smallest absolute Gasteiger partial charge is 0.418 e. The van der Waals surface area contributed by atoms with Crippen LogP contribution in [0, 0.1) is 5.41 Å². The first kappa shape index (κ1) is 13.7. The lowest BCUT2D eigenvalue weighted by atomic mass is 9.76. The van der Waals surface area contributed by atoms with Gasteiger partial charge in [0, 0.05) is 0 Å². The van der Waals surface area contributed by atoms with E-state index in [4.69, 9.17) is 0 Å². The highest BCUT2D eigenvalue weighted by Gasteiger charge is 2.26. The number of halogens is 4. The van der Waals surface area contributed by atoms with Crippen molar-refractivity contribution in [2.45, 2.75) is 45.6 Å². The molecule has 0 saturated heterocycles. The lowest BCUT2D eigenvalue weighted by molar-refractivity contribution is -0.427. The Kier molecular flexibility index (Phi) is 4.91. The van der Waals surface area contributed by atoms with Crippen LogP contribution in [0.4, 0.5) is 17.3 Å². The van der Waals surface area contributed by atoms with Gasteiger partial charge in [-0.25, -0.2) is 0 Å². The van der Waals surface area contributed by atoms with Gasteiger partial charge in [-0.1, -0.05) is 13.8 Å². The highest BCUT2D eigenvalue weighted by atomic mass is 19.5. The van der Waals surface area contributed by atoms with Gasteiger partial charge in [0.15, 0.2) is 0 Å². The molecule has 6 heteroatoms. The van der Waals surface area contributed by atoms with Crippen molar-refractivity contribution in [3.05, 3.63) is 0 Å². The second-order valence-corrected chi connectivity index (χ2v) is 4.60. The second-order valence-electron chi connectivity index (χ2n) is 4.60. The highest BCUT2D eigenvalue weighted by Crippen LogP contribution is 2.33. The molecule has 1 fully saturated rings. The summed E-state index contributed by atoms with van der Waals surface area (Å²) in [6.45, 7) is 4.72. The van der Waals surface area contributed by atoms with E-state index in [1.54, 1.807) is 0 Å². The van der Waals surface area contributed by atoms with E-state index in [1.807, 2.05) is 0 Å². The molecule has 0 atom stereocenters. The van der Waals surface area contributed by atoms with Crippen LogP contribution in [0.2, 0.25) is 0 Å². The number of quaternary nitrogens is 1. The van der Waals surface area contributed by atoms with Crippen molar-refractivity contribution < 1.29 is 23.0 Å².